The average molecular weight is 430 g/mol. The number of nitrogens with one attached hydrogen (secondary N) is 1. The summed E-state index contributed by atoms with van der Waals surface area (Å²) in [6.45, 7) is 6.70. The number of hydrogen-bond acceptors (Lipinski definition) is 6. The molecule has 30 heavy (non-hydrogen) atoms. The highest BCUT2D eigenvalue weighted by atomic mass is 16.8. The van der Waals surface area contributed by atoms with Gasteiger partial charge >= 0.3 is 5.97 Å². The van der Waals surface area contributed by atoms with Crippen molar-refractivity contribution < 1.29 is 28.8 Å². The molecule has 176 valence electrons. The van der Waals surface area contributed by atoms with Crippen molar-refractivity contribution >= 4 is 5.97 Å². The van der Waals surface area contributed by atoms with Crippen LogP contribution in [0.25, 0.3) is 0 Å². The molecule has 0 saturated carbocycles. The molecule has 2 N–H and O–H groups in total. The molecule has 5 atom stereocenters. The van der Waals surface area contributed by atoms with Gasteiger partial charge in [0.15, 0.2) is 12.1 Å². The van der Waals surface area contributed by atoms with Crippen LogP contribution in [-0.2, 0) is 23.7 Å². The van der Waals surface area contributed by atoms with Crippen LogP contribution in [0.1, 0.15) is 91.4 Å². The van der Waals surface area contributed by atoms with Gasteiger partial charge < -0.3 is 29.4 Å². The predicted octanol–water partition coefficient (Wildman–Crippen LogP) is 4.23. The summed E-state index contributed by atoms with van der Waals surface area (Å²) in [7, 11) is 1.61. The molecule has 0 aromatic rings. The van der Waals surface area contributed by atoms with Crippen molar-refractivity contribution in [1.82, 2.24) is 5.32 Å². The number of hydrogen-bond donors (Lipinski definition) is 2. The Hall–Kier alpha value is -0.730. The minimum absolute atomic E-state index is 0.0227. The molecule has 2 heterocycles. The first-order chi connectivity index (χ1) is 14.4. The summed E-state index contributed by atoms with van der Waals surface area (Å²) in [6.07, 6.45) is 11.1. The van der Waals surface area contributed by atoms with Gasteiger partial charge in [0, 0.05) is 13.2 Å². The minimum Gasteiger partial charge on any atom is -0.481 e. The largest absolute Gasteiger partial charge is 0.481 e. The van der Waals surface area contributed by atoms with Crippen molar-refractivity contribution in [3.05, 3.63) is 0 Å². The van der Waals surface area contributed by atoms with Crippen LogP contribution in [0.2, 0.25) is 0 Å². The number of fused-ring (bicyclic) bond motifs is 1. The zero-order chi connectivity index (χ0) is 22.0. The Balaban J connectivity index is 1.69. The number of rotatable bonds is 16. The Labute approximate surface area is 182 Å². The van der Waals surface area contributed by atoms with Gasteiger partial charge in [-0.25, -0.2) is 0 Å². The van der Waals surface area contributed by atoms with Gasteiger partial charge in [-0.15, -0.1) is 0 Å². The highest BCUT2D eigenvalue weighted by Gasteiger charge is 2.56. The highest BCUT2D eigenvalue weighted by molar-refractivity contribution is 5.67. The van der Waals surface area contributed by atoms with E-state index in [-0.39, 0.29) is 24.7 Å². The molecular formula is C23H43NO6. The monoisotopic (exact) mass is 429 g/mol. The maximum absolute atomic E-state index is 11.4. The van der Waals surface area contributed by atoms with Gasteiger partial charge in [0.05, 0.1) is 6.42 Å². The quantitative estimate of drug-likeness (QED) is 0.355. The van der Waals surface area contributed by atoms with Gasteiger partial charge in [0.2, 0.25) is 0 Å². The van der Waals surface area contributed by atoms with E-state index in [1.807, 2.05) is 13.8 Å². The Morgan fingerprint density at radius 3 is 2.20 bits per heavy atom. The van der Waals surface area contributed by atoms with Crippen molar-refractivity contribution in [3.63, 3.8) is 0 Å². The van der Waals surface area contributed by atoms with Gasteiger partial charge in [-0.05, 0) is 26.8 Å². The molecule has 2 rings (SSSR count). The summed E-state index contributed by atoms with van der Waals surface area (Å²) in [6, 6.07) is -0.341. The SMILES string of the molecule is CCCCCCCCCCCCN[C@@H](CC(=O)O)[C@H]1O[C@@H]2OC(C)(C)O[C@@H]2[C@H]1OC. The second-order valence-electron chi connectivity index (χ2n) is 9.11. The standard InChI is InChI=1S/C23H43NO6/c1-5-6-7-8-9-10-11-12-13-14-15-24-17(16-18(25)26)19-20(27-4)21-22(28-19)30-23(2,3)29-21/h17,19-22,24H,5-16H2,1-4H3,(H,25,26)/t17-,19+,20-,21+,22+/m0/s1. The van der Waals surface area contributed by atoms with Gasteiger partial charge in [-0.3, -0.25) is 4.79 Å². The second kappa shape index (κ2) is 13.0. The maximum Gasteiger partial charge on any atom is 0.305 e. The lowest BCUT2D eigenvalue weighted by molar-refractivity contribution is -0.220. The molecule has 0 aliphatic carbocycles. The summed E-state index contributed by atoms with van der Waals surface area (Å²) in [4.78, 5) is 11.4. The number of ether oxygens (including phenoxy) is 4. The fourth-order valence-electron chi connectivity index (χ4n) is 4.49. The molecule has 0 unspecified atom stereocenters. The Morgan fingerprint density at radius 2 is 1.63 bits per heavy atom. The van der Waals surface area contributed by atoms with Crippen molar-refractivity contribution in [2.45, 2.75) is 128 Å². The van der Waals surface area contributed by atoms with Crippen molar-refractivity contribution in [1.29, 1.82) is 0 Å². The zero-order valence-electron chi connectivity index (χ0n) is 19.4. The fourth-order valence-corrected chi connectivity index (χ4v) is 4.49. The summed E-state index contributed by atoms with van der Waals surface area (Å²) < 4.78 is 23.4. The molecule has 0 aromatic heterocycles. The molecule has 7 nitrogen and oxygen atoms in total. The van der Waals surface area contributed by atoms with E-state index in [2.05, 4.69) is 12.2 Å². The number of unbranched alkanes of at least 4 members (excludes halogenated alkanes) is 9. The van der Waals surface area contributed by atoms with Crippen LogP contribution >= 0.6 is 0 Å². The molecule has 2 saturated heterocycles. The summed E-state index contributed by atoms with van der Waals surface area (Å²) in [5.74, 6) is -1.57. The van der Waals surface area contributed by atoms with E-state index in [1.165, 1.54) is 51.4 Å². The number of aliphatic carboxylic acids is 1. The van der Waals surface area contributed by atoms with Crippen molar-refractivity contribution in [3.8, 4) is 0 Å². The van der Waals surface area contributed by atoms with Crippen LogP contribution in [0.3, 0.4) is 0 Å². The fraction of sp³-hybridized carbons (Fsp3) is 0.957. The first-order valence-corrected chi connectivity index (χ1v) is 11.9. The Morgan fingerprint density at radius 1 is 1.03 bits per heavy atom. The van der Waals surface area contributed by atoms with E-state index in [4.69, 9.17) is 18.9 Å². The third kappa shape index (κ3) is 8.08. The van der Waals surface area contributed by atoms with E-state index in [0.29, 0.717) is 0 Å². The molecule has 2 aliphatic rings. The van der Waals surface area contributed by atoms with Crippen LogP contribution in [0.4, 0.5) is 0 Å². The number of carboxylic acids is 1. The molecule has 2 aliphatic heterocycles. The van der Waals surface area contributed by atoms with Gasteiger partial charge in [0.1, 0.15) is 18.3 Å². The topological polar surface area (TPSA) is 86.3 Å². The van der Waals surface area contributed by atoms with Crippen LogP contribution < -0.4 is 5.32 Å². The Bertz CT molecular complexity index is 500. The molecule has 0 spiro atoms. The lowest BCUT2D eigenvalue weighted by Gasteiger charge is -2.30. The minimum atomic E-state index is -0.853. The van der Waals surface area contributed by atoms with Gasteiger partial charge in [-0.2, -0.15) is 0 Å². The number of carboxylic acid groups (broad SMARTS) is 1. The van der Waals surface area contributed by atoms with Crippen molar-refractivity contribution in [2.75, 3.05) is 13.7 Å². The van der Waals surface area contributed by atoms with Crippen LogP contribution in [-0.4, -0.2) is 61.2 Å². The van der Waals surface area contributed by atoms with Gasteiger partial charge in [-0.1, -0.05) is 64.7 Å². The van der Waals surface area contributed by atoms with Gasteiger partial charge in [0.25, 0.3) is 0 Å². The number of carbonyl (C=O) groups is 1. The van der Waals surface area contributed by atoms with Crippen LogP contribution in [0.5, 0.6) is 0 Å². The molecule has 7 heteroatoms. The Kier molecular flexibility index (Phi) is 11.0. The first kappa shape index (κ1) is 25.5. The maximum atomic E-state index is 11.4. The second-order valence-corrected chi connectivity index (χ2v) is 9.11. The van der Waals surface area contributed by atoms with E-state index in [1.54, 1.807) is 7.11 Å². The van der Waals surface area contributed by atoms with Crippen LogP contribution in [0, 0.1) is 0 Å². The molecule has 0 amide bonds. The van der Waals surface area contributed by atoms with E-state index in [0.717, 1.165) is 19.4 Å². The first-order valence-electron chi connectivity index (χ1n) is 11.9. The summed E-state index contributed by atoms with van der Waals surface area (Å²) >= 11 is 0. The zero-order valence-corrected chi connectivity index (χ0v) is 19.4. The highest BCUT2D eigenvalue weighted by Crippen LogP contribution is 2.39. The lowest BCUT2D eigenvalue weighted by Crippen LogP contribution is -2.49. The third-order valence-electron chi connectivity index (χ3n) is 6.03. The van der Waals surface area contributed by atoms with Crippen molar-refractivity contribution in [2.24, 2.45) is 0 Å². The molecule has 0 bridgehead atoms. The smallest absolute Gasteiger partial charge is 0.305 e. The third-order valence-corrected chi connectivity index (χ3v) is 6.03. The molecule has 0 aromatic carbocycles. The molecular weight excluding hydrogens is 386 g/mol. The van der Waals surface area contributed by atoms with E-state index in [9.17, 15) is 9.90 Å². The van der Waals surface area contributed by atoms with E-state index < -0.39 is 24.2 Å². The molecule has 2 fully saturated rings. The normalized spacial score (nSPS) is 28.5. The average Bonchev–Trinajstić information content (AvgIpc) is 3.16. The lowest BCUT2D eigenvalue weighted by atomic mass is 10.00. The summed E-state index contributed by atoms with van der Waals surface area (Å²) in [5, 5.41) is 12.8. The number of methoxy groups -OCH3 is 1. The van der Waals surface area contributed by atoms with E-state index >= 15 is 0 Å². The molecule has 0 radical (unpaired) electrons. The summed E-state index contributed by atoms with van der Waals surface area (Å²) in [5.41, 5.74) is 0. The predicted molar refractivity (Wildman–Crippen MR) is 115 cm³/mol. The van der Waals surface area contributed by atoms with Crippen LogP contribution in [0.15, 0.2) is 0 Å².